The van der Waals surface area contributed by atoms with Crippen LogP contribution in [-0.2, 0) is 28.5 Å². The number of nitro benzene ring substituents is 1. The molecule has 1 N–H and O–H groups in total. The number of nitrogens with one attached hydrogen (secondary N) is 1. The molecule has 3 aliphatic heterocycles. The van der Waals surface area contributed by atoms with Gasteiger partial charge in [0.2, 0.25) is 0 Å². The molecule has 1 spiro atoms. The van der Waals surface area contributed by atoms with Crippen LogP contribution < -0.4 is 10.2 Å². The maximum absolute atomic E-state index is 13.6. The van der Waals surface area contributed by atoms with Gasteiger partial charge >= 0.3 is 11.9 Å². The Morgan fingerprint density at radius 3 is 2.40 bits per heavy atom. The van der Waals surface area contributed by atoms with E-state index in [9.17, 15) is 19.7 Å². The molecule has 12 heteroatoms. The molecule has 0 unspecified atom stereocenters. The summed E-state index contributed by atoms with van der Waals surface area (Å²) in [5.74, 6) is -3.01. The van der Waals surface area contributed by atoms with Gasteiger partial charge in [0.25, 0.3) is 5.69 Å². The van der Waals surface area contributed by atoms with E-state index in [1.807, 2.05) is 24.3 Å². The van der Waals surface area contributed by atoms with E-state index < -0.39 is 34.7 Å². The Labute approximate surface area is 248 Å². The molecule has 5 rings (SSSR count). The molecule has 0 aromatic heterocycles. The first-order valence-electron chi connectivity index (χ1n) is 13.6. The van der Waals surface area contributed by atoms with Crippen molar-refractivity contribution < 1.29 is 33.5 Å². The Balaban J connectivity index is 1.28. The van der Waals surface area contributed by atoms with E-state index in [-0.39, 0.29) is 30.0 Å². The highest BCUT2D eigenvalue weighted by Gasteiger charge is 2.45. The number of nitro groups is 1. The molecule has 3 aliphatic rings. The lowest BCUT2D eigenvalue weighted by Crippen LogP contribution is -2.45. The summed E-state index contributed by atoms with van der Waals surface area (Å²) in [6.07, 6.45) is 0.827. The fourth-order valence-corrected chi connectivity index (χ4v) is 5.89. The highest BCUT2D eigenvalue weighted by molar-refractivity contribution is 6.30. The summed E-state index contributed by atoms with van der Waals surface area (Å²) < 4.78 is 23.1. The van der Waals surface area contributed by atoms with Gasteiger partial charge in [-0.1, -0.05) is 23.7 Å². The molecular weight excluding hydrogens is 566 g/mol. The number of hydrogen-bond acceptors (Lipinski definition) is 10. The van der Waals surface area contributed by atoms with Crippen molar-refractivity contribution in [2.24, 2.45) is 0 Å². The molecule has 0 saturated carbocycles. The number of carbonyl (C=O) groups excluding carboxylic acids is 2. The Hall–Kier alpha value is -3.93. The number of benzene rings is 2. The number of dihydropyridines is 1. The molecule has 2 atom stereocenters. The second kappa shape index (κ2) is 12.1. The maximum atomic E-state index is 13.6. The normalized spacial score (nSPS) is 21.8. The monoisotopic (exact) mass is 597 g/mol. The fourth-order valence-electron chi connectivity index (χ4n) is 5.76. The van der Waals surface area contributed by atoms with Gasteiger partial charge in [0.1, 0.15) is 12.7 Å². The number of halogens is 1. The number of ether oxygens (including phenoxy) is 4. The zero-order chi connectivity index (χ0) is 30.0. The number of allylic oxidation sites excluding steroid dienone is 2. The minimum atomic E-state index is -0.935. The van der Waals surface area contributed by atoms with Crippen LogP contribution in [0.3, 0.4) is 0 Å². The Morgan fingerprint density at radius 2 is 1.76 bits per heavy atom. The smallest absolute Gasteiger partial charge is 0.336 e. The van der Waals surface area contributed by atoms with Gasteiger partial charge in [0.05, 0.1) is 35.7 Å². The topological polar surface area (TPSA) is 129 Å². The number of hydrogen-bond donors (Lipinski definition) is 1. The number of nitrogens with zero attached hydrogens (tertiary/aromatic N) is 2. The lowest BCUT2D eigenvalue weighted by atomic mass is 9.80. The van der Waals surface area contributed by atoms with Crippen LogP contribution >= 0.6 is 11.6 Å². The van der Waals surface area contributed by atoms with Crippen molar-refractivity contribution in [3.8, 4) is 0 Å². The SMILES string of the molecule is COC(=O)C1=C(C)NC(C)=C(C(=O)OC[C@@H]2COC3(CCN(c4ccc(Cl)cc4)CC3)O2)[C@@H]1c1cccc([N+](=O)[O-])c1. The average Bonchev–Trinajstić information content (AvgIpc) is 3.38. The molecular formula is C30H32ClN3O8. The third kappa shape index (κ3) is 5.99. The van der Waals surface area contributed by atoms with Crippen LogP contribution in [0.1, 0.15) is 38.2 Å². The number of rotatable bonds is 7. The van der Waals surface area contributed by atoms with Gasteiger partial charge in [-0.25, -0.2) is 9.59 Å². The number of anilines is 1. The molecule has 0 amide bonds. The van der Waals surface area contributed by atoms with Crippen LogP contribution in [-0.4, -0.2) is 62.2 Å². The number of piperidine rings is 1. The van der Waals surface area contributed by atoms with Gasteiger partial charge in [-0.05, 0) is 43.7 Å². The molecule has 42 heavy (non-hydrogen) atoms. The predicted octanol–water partition coefficient (Wildman–Crippen LogP) is 4.61. The third-order valence-corrected chi connectivity index (χ3v) is 8.08. The van der Waals surface area contributed by atoms with E-state index in [4.69, 9.17) is 30.5 Å². The fraction of sp³-hybridized carbons (Fsp3) is 0.400. The summed E-state index contributed by atoms with van der Waals surface area (Å²) in [4.78, 5) is 39.6. The molecule has 222 valence electrons. The molecule has 11 nitrogen and oxygen atoms in total. The highest BCUT2D eigenvalue weighted by atomic mass is 35.5. The molecule has 0 radical (unpaired) electrons. The summed E-state index contributed by atoms with van der Waals surface area (Å²) in [5.41, 5.74) is 2.58. The van der Waals surface area contributed by atoms with Crippen molar-refractivity contribution in [1.29, 1.82) is 0 Å². The number of methoxy groups -OCH3 is 1. The quantitative estimate of drug-likeness (QED) is 0.274. The summed E-state index contributed by atoms with van der Waals surface area (Å²) in [5, 5.41) is 15.2. The van der Waals surface area contributed by atoms with Gasteiger partial charge < -0.3 is 29.2 Å². The lowest BCUT2D eigenvalue weighted by Gasteiger charge is -2.39. The highest BCUT2D eigenvalue weighted by Crippen LogP contribution is 2.41. The van der Waals surface area contributed by atoms with E-state index in [0.29, 0.717) is 34.8 Å². The molecule has 0 aliphatic carbocycles. The Kier molecular flexibility index (Phi) is 8.53. The summed E-state index contributed by atoms with van der Waals surface area (Å²) >= 11 is 6.02. The van der Waals surface area contributed by atoms with Crippen LogP contribution in [0.4, 0.5) is 11.4 Å². The maximum Gasteiger partial charge on any atom is 0.336 e. The molecule has 0 bridgehead atoms. The molecule has 2 aromatic rings. The second-order valence-electron chi connectivity index (χ2n) is 10.5. The van der Waals surface area contributed by atoms with Gasteiger partial charge in [0.15, 0.2) is 5.79 Å². The van der Waals surface area contributed by atoms with Crippen LogP contribution in [0.15, 0.2) is 71.1 Å². The third-order valence-electron chi connectivity index (χ3n) is 7.83. The van der Waals surface area contributed by atoms with Gasteiger partial charge in [0, 0.05) is 60.2 Å². The van der Waals surface area contributed by atoms with Crippen LogP contribution in [0, 0.1) is 10.1 Å². The average molecular weight is 598 g/mol. The summed E-state index contributed by atoms with van der Waals surface area (Å²) in [6.45, 7) is 5.06. The van der Waals surface area contributed by atoms with Crippen molar-refractivity contribution in [2.45, 2.75) is 44.5 Å². The van der Waals surface area contributed by atoms with E-state index in [2.05, 4.69) is 10.2 Å². The molecule has 2 fully saturated rings. The Bertz CT molecular complexity index is 1450. The van der Waals surface area contributed by atoms with Gasteiger partial charge in [-0.2, -0.15) is 0 Å². The van der Waals surface area contributed by atoms with Crippen LogP contribution in [0.2, 0.25) is 5.02 Å². The number of carbonyl (C=O) groups is 2. The number of esters is 2. The summed E-state index contributed by atoms with van der Waals surface area (Å²) in [6, 6.07) is 13.5. The van der Waals surface area contributed by atoms with E-state index in [0.717, 1.165) is 18.8 Å². The van der Waals surface area contributed by atoms with Gasteiger partial charge in [-0.3, -0.25) is 10.1 Å². The first-order valence-corrected chi connectivity index (χ1v) is 14.0. The van der Waals surface area contributed by atoms with Gasteiger partial charge in [-0.15, -0.1) is 0 Å². The molecule has 2 saturated heterocycles. The van der Waals surface area contributed by atoms with Crippen molar-refractivity contribution >= 4 is 34.9 Å². The lowest BCUT2D eigenvalue weighted by molar-refractivity contribution is -0.384. The molecule has 3 heterocycles. The van der Waals surface area contributed by atoms with E-state index in [1.165, 1.54) is 25.3 Å². The minimum Gasteiger partial charge on any atom is -0.466 e. The largest absolute Gasteiger partial charge is 0.466 e. The zero-order valence-electron chi connectivity index (χ0n) is 23.6. The van der Waals surface area contributed by atoms with Crippen molar-refractivity contribution in [3.63, 3.8) is 0 Å². The van der Waals surface area contributed by atoms with E-state index in [1.54, 1.807) is 19.9 Å². The van der Waals surface area contributed by atoms with Crippen molar-refractivity contribution in [1.82, 2.24) is 5.32 Å². The predicted molar refractivity (Wildman–Crippen MR) is 154 cm³/mol. The van der Waals surface area contributed by atoms with Crippen molar-refractivity contribution in [2.75, 3.05) is 38.3 Å². The second-order valence-corrected chi connectivity index (χ2v) is 10.9. The first-order chi connectivity index (χ1) is 20.1. The number of non-ortho nitro benzene ring substituents is 1. The zero-order valence-corrected chi connectivity index (χ0v) is 24.3. The standard InChI is InChI=1S/C30H32ClN3O8/c1-18-25(28(35)39-3)27(20-5-4-6-23(15-20)34(37)38)26(19(2)32-18)29(36)40-16-24-17-41-30(42-24)11-13-33(14-12-30)22-9-7-21(31)8-10-22/h4-10,15,24,27,32H,11-14,16-17H2,1-3H3/t24-,27-/m1/s1. The first kappa shape index (κ1) is 29.6. The summed E-state index contributed by atoms with van der Waals surface area (Å²) in [7, 11) is 1.24. The van der Waals surface area contributed by atoms with E-state index >= 15 is 0 Å². The molecule has 2 aromatic carbocycles. The van der Waals surface area contributed by atoms with Crippen LogP contribution in [0.25, 0.3) is 0 Å². The minimum absolute atomic E-state index is 0.0594. The van der Waals surface area contributed by atoms with Crippen LogP contribution in [0.5, 0.6) is 0 Å². The van der Waals surface area contributed by atoms with Crippen molar-refractivity contribution in [3.05, 3.63) is 91.8 Å². The Morgan fingerprint density at radius 1 is 1.10 bits per heavy atom.